The zero-order chi connectivity index (χ0) is 14.8. The zero-order valence-electron chi connectivity index (χ0n) is 11.9. The summed E-state index contributed by atoms with van der Waals surface area (Å²) in [7, 11) is 0. The molecule has 0 radical (unpaired) electrons. The van der Waals surface area contributed by atoms with Gasteiger partial charge in [-0.15, -0.1) is 12.4 Å². The standard InChI is InChI=1S/C15H17FN2O2.ClH/c1-15(2,9-17)18-14(19)13-8-7-12(20-13)10-5-3-4-6-11(10)16;/h3-8H,9,17H2,1-2H3,(H,18,19);1H. The van der Waals surface area contributed by atoms with E-state index in [1.54, 1.807) is 24.3 Å². The molecule has 0 aliphatic carbocycles. The normalized spacial score (nSPS) is 10.9. The molecule has 114 valence electrons. The third kappa shape index (κ3) is 4.06. The minimum Gasteiger partial charge on any atom is -0.451 e. The van der Waals surface area contributed by atoms with Crippen LogP contribution in [-0.4, -0.2) is 18.0 Å². The lowest BCUT2D eigenvalue weighted by molar-refractivity contribution is 0.0888. The molecule has 0 atom stereocenters. The summed E-state index contributed by atoms with van der Waals surface area (Å²) in [4.78, 5) is 12.0. The minimum absolute atomic E-state index is 0. The molecule has 0 bridgehead atoms. The van der Waals surface area contributed by atoms with Crippen molar-refractivity contribution >= 4 is 18.3 Å². The molecule has 1 heterocycles. The molecule has 2 rings (SSSR count). The van der Waals surface area contributed by atoms with E-state index in [1.165, 1.54) is 12.1 Å². The lowest BCUT2D eigenvalue weighted by Crippen LogP contribution is -2.48. The summed E-state index contributed by atoms with van der Waals surface area (Å²) < 4.78 is 19.0. The second kappa shape index (κ2) is 6.74. The maximum absolute atomic E-state index is 13.6. The van der Waals surface area contributed by atoms with Gasteiger partial charge in [0.15, 0.2) is 5.76 Å². The molecular weight excluding hydrogens is 295 g/mol. The van der Waals surface area contributed by atoms with Crippen molar-refractivity contribution in [3.8, 4) is 11.3 Å². The van der Waals surface area contributed by atoms with E-state index in [-0.39, 0.29) is 24.1 Å². The first kappa shape index (κ1) is 17.2. The zero-order valence-corrected chi connectivity index (χ0v) is 12.7. The Morgan fingerprint density at radius 2 is 1.95 bits per heavy atom. The Balaban J connectivity index is 0.00000220. The van der Waals surface area contributed by atoms with Gasteiger partial charge >= 0.3 is 0 Å². The van der Waals surface area contributed by atoms with Crippen LogP contribution in [-0.2, 0) is 0 Å². The summed E-state index contributed by atoms with van der Waals surface area (Å²) in [5.41, 5.74) is 5.35. The van der Waals surface area contributed by atoms with Gasteiger partial charge < -0.3 is 15.5 Å². The molecule has 0 aliphatic heterocycles. The van der Waals surface area contributed by atoms with E-state index >= 15 is 0 Å². The largest absolute Gasteiger partial charge is 0.451 e. The van der Waals surface area contributed by atoms with E-state index in [1.807, 2.05) is 13.8 Å². The molecule has 0 spiro atoms. The monoisotopic (exact) mass is 312 g/mol. The third-order valence-corrected chi connectivity index (χ3v) is 2.93. The minimum atomic E-state index is -0.526. The van der Waals surface area contributed by atoms with Gasteiger partial charge in [-0.2, -0.15) is 0 Å². The van der Waals surface area contributed by atoms with Crippen LogP contribution in [0.5, 0.6) is 0 Å². The van der Waals surface area contributed by atoms with E-state index in [4.69, 9.17) is 10.2 Å². The molecule has 21 heavy (non-hydrogen) atoms. The van der Waals surface area contributed by atoms with Crippen molar-refractivity contribution in [3.05, 3.63) is 48.0 Å². The molecule has 0 unspecified atom stereocenters. The summed E-state index contributed by atoms with van der Waals surface area (Å²) in [5, 5.41) is 2.75. The molecule has 0 fully saturated rings. The molecule has 1 aromatic heterocycles. The van der Waals surface area contributed by atoms with Crippen LogP contribution in [0.15, 0.2) is 40.8 Å². The Morgan fingerprint density at radius 1 is 1.29 bits per heavy atom. The van der Waals surface area contributed by atoms with E-state index < -0.39 is 11.4 Å². The first-order valence-corrected chi connectivity index (χ1v) is 6.30. The molecule has 1 aromatic carbocycles. The molecule has 6 heteroatoms. The second-order valence-corrected chi connectivity index (χ2v) is 5.19. The van der Waals surface area contributed by atoms with Gasteiger partial charge in [0.1, 0.15) is 11.6 Å². The topological polar surface area (TPSA) is 68.3 Å². The van der Waals surface area contributed by atoms with Crippen LogP contribution in [0.1, 0.15) is 24.4 Å². The summed E-state index contributed by atoms with van der Waals surface area (Å²) in [6.07, 6.45) is 0. The van der Waals surface area contributed by atoms with Gasteiger partial charge in [-0.25, -0.2) is 4.39 Å². The van der Waals surface area contributed by atoms with Crippen LogP contribution in [0.3, 0.4) is 0 Å². The number of benzene rings is 1. The van der Waals surface area contributed by atoms with E-state index in [9.17, 15) is 9.18 Å². The predicted molar refractivity (Wildman–Crippen MR) is 81.9 cm³/mol. The number of hydrogen-bond acceptors (Lipinski definition) is 3. The third-order valence-electron chi connectivity index (χ3n) is 2.93. The Hall–Kier alpha value is -1.85. The molecule has 0 saturated carbocycles. The first-order chi connectivity index (χ1) is 9.43. The van der Waals surface area contributed by atoms with E-state index in [0.29, 0.717) is 17.9 Å². The molecule has 0 saturated heterocycles. The molecular formula is C15H18ClFN2O2. The highest BCUT2D eigenvalue weighted by Crippen LogP contribution is 2.24. The van der Waals surface area contributed by atoms with Crippen molar-refractivity contribution in [3.63, 3.8) is 0 Å². The van der Waals surface area contributed by atoms with Crippen molar-refractivity contribution in [2.45, 2.75) is 19.4 Å². The maximum Gasteiger partial charge on any atom is 0.287 e. The molecule has 4 nitrogen and oxygen atoms in total. The Kier molecular flexibility index (Phi) is 5.52. The summed E-state index contributed by atoms with van der Waals surface area (Å²) in [6, 6.07) is 9.33. The van der Waals surface area contributed by atoms with Gasteiger partial charge in [0.25, 0.3) is 5.91 Å². The highest BCUT2D eigenvalue weighted by Gasteiger charge is 2.21. The number of amides is 1. The highest BCUT2D eigenvalue weighted by atomic mass is 35.5. The number of halogens is 2. The lowest BCUT2D eigenvalue weighted by atomic mass is 10.1. The number of nitrogens with two attached hydrogens (primary N) is 1. The van der Waals surface area contributed by atoms with Gasteiger partial charge in [0, 0.05) is 12.1 Å². The summed E-state index contributed by atoms with van der Waals surface area (Å²) in [5.74, 6) is -0.317. The van der Waals surface area contributed by atoms with Crippen molar-refractivity contribution < 1.29 is 13.6 Å². The number of furan rings is 1. The van der Waals surface area contributed by atoms with Gasteiger partial charge in [0.2, 0.25) is 0 Å². The van der Waals surface area contributed by atoms with Gasteiger partial charge in [-0.1, -0.05) is 12.1 Å². The number of rotatable bonds is 4. The Morgan fingerprint density at radius 3 is 2.57 bits per heavy atom. The fourth-order valence-electron chi connectivity index (χ4n) is 1.69. The van der Waals surface area contributed by atoms with E-state index in [2.05, 4.69) is 5.32 Å². The molecule has 3 N–H and O–H groups in total. The smallest absolute Gasteiger partial charge is 0.287 e. The fraction of sp³-hybridized carbons (Fsp3) is 0.267. The van der Waals surface area contributed by atoms with Crippen LogP contribution in [0.4, 0.5) is 4.39 Å². The van der Waals surface area contributed by atoms with Crippen LogP contribution < -0.4 is 11.1 Å². The molecule has 1 amide bonds. The Bertz CT molecular complexity index is 626. The molecule has 0 aliphatic rings. The molecule has 2 aromatic rings. The van der Waals surface area contributed by atoms with E-state index in [0.717, 1.165) is 0 Å². The average Bonchev–Trinajstić information content (AvgIpc) is 2.88. The predicted octanol–water partition coefficient (Wildman–Crippen LogP) is 2.97. The second-order valence-electron chi connectivity index (χ2n) is 5.19. The van der Waals surface area contributed by atoms with Gasteiger partial charge in [0.05, 0.1) is 5.56 Å². The summed E-state index contributed by atoms with van der Waals surface area (Å²) >= 11 is 0. The van der Waals surface area contributed by atoms with Crippen LogP contribution >= 0.6 is 12.4 Å². The van der Waals surface area contributed by atoms with Crippen LogP contribution in [0, 0.1) is 5.82 Å². The van der Waals surface area contributed by atoms with Crippen molar-refractivity contribution in [1.82, 2.24) is 5.32 Å². The van der Waals surface area contributed by atoms with Crippen molar-refractivity contribution in [1.29, 1.82) is 0 Å². The first-order valence-electron chi connectivity index (χ1n) is 6.30. The van der Waals surface area contributed by atoms with Gasteiger partial charge in [-0.05, 0) is 38.1 Å². The maximum atomic E-state index is 13.6. The highest BCUT2D eigenvalue weighted by molar-refractivity contribution is 5.92. The van der Waals surface area contributed by atoms with Crippen molar-refractivity contribution in [2.75, 3.05) is 6.54 Å². The fourth-order valence-corrected chi connectivity index (χ4v) is 1.69. The quantitative estimate of drug-likeness (QED) is 0.912. The number of nitrogens with one attached hydrogen (secondary N) is 1. The summed E-state index contributed by atoms with van der Waals surface area (Å²) in [6.45, 7) is 3.93. The average molecular weight is 313 g/mol. The number of carbonyl (C=O) groups excluding carboxylic acids is 1. The van der Waals surface area contributed by atoms with Crippen LogP contribution in [0.25, 0.3) is 11.3 Å². The number of hydrogen-bond donors (Lipinski definition) is 2. The SMILES string of the molecule is CC(C)(CN)NC(=O)c1ccc(-c2ccccc2F)o1.Cl. The van der Waals surface area contributed by atoms with Crippen molar-refractivity contribution in [2.24, 2.45) is 5.73 Å². The number of carbonyl (C=O) groups is 1. The lowest BCUT2D eigenvalue weighted by Gasteiger charge is -2.23. The Labute approximate surface area is 128 Å². The van der Waals surface area contributed by atoms with Gasteiger partial charge in [-0.3, -0.25) is 4.79 Å². The van der Waals surface area contributed by atoms with Crippen LogP contribution in [0.2, 0.25) is 0 Å².